The molecule has 1 atom stereocenters. The third-order valence-electron chi connectivity index (χ3n) is 5.22. The summed E-state index contributed by atoms with van der Waals surface area (Å²) in [6, 6.07) is 13.2. The van der Waals surface area contributed by atoms with Crippen molar-refractivity contribution >= 4 is 29.1 Å². The van der Waals surface area contributed by atoms with Crippen LogP contribution in [0.1, 0.15) is 31.0 Å². The Morgan fingerprint density at radius 1 is 1.09 bits per heavy atom. The summed E-state index contributed by atoms with van der Waals surface area (Å²) < 4.78 is 5.69. The Bertz CT molecular complexity index is 998. The van der Waals surface area contributed by atoms with Crippen LogP contribution in [-0.4, -0.2) is 60.4 Å². The number of benzene rings is 2. The zero-order chi connectivity index (χ0) is 23.4. The Hall–Kier alpha value is -2.83. The number of ketones is 1. The molecule has 0 bridgehead atoms. The molecule has 6 nitrogen and oxygen atoms in total. The molecule has 0 saturated carbocycles. The summed E-state index contributed by atoms with van der Waals surface area (Å²) in [7, 11) is 3.80. The smallest absolute Gasteiger partial charge is 0.295 e. The van der Waals surface area contributed by atoms with Gasteiger partial charge in [0.2, 0.25) is 0 Å². The number of halogens is 1. The second-order valence-corrected chi connectivity index (χ2v) is 9.01. The number of Topliss-reactive ketones (excluding diaryl/α,β-unsaturated/α-hetero) is 1. The summed E-state index contributed by atoms with van der Waals surface area (Å²) in [4.78, 5) is 29.3. The quantitative estimate of drug-likeness (QED) is 0.363. The van der Waals surface area contributed by atoms with E-state index in [0.29, 0.717) is 47.5 Å². The molecule has 1 saturated heterocycles. The van der Waals surface area contributed by atoms with Gasteiger partial charge >= 0.3 is 0 Å². The lowest BCUT2D eigenvalue weighted by molar-refractivity contribution is -0.140. The lowest BCUT2D eigenvalue weighted by atomic mass is 9.95. The minimum absolute atomic E-state index is 0.0759. The average molecular weight is 457 g/mol. The molecule has 32 heavy (non-hydrogen) atoms. The molecular formula is C25H29ClN2O4. The number of aliphatic hydroxyl groups excluding tert-OH is 1. The predicted molar refractivity (Wildman–Crippen MR) is 126 cm³/mol. The summed E-state index contributed by atoms with van der Waals surface area (Å²) in [5.41, 5.74) is 1.24. The van der Waals surface area contributed by atoms with Crippen LogP contribution < -0.4 is 4.74 Å². The van der Waals surface area contributed by atoms with Gasteiger partial charge in [-0.3, -0.25) is 9.59 Å². The molecule has 0 radical (unpaired) electrons. The van der Waals surface area contributed by atoms with Crippen molar-refractivity contribution in [1.29, 1.82) is 0 Å². The molecule has 1 unspecified atom stereocenters. The first-order chi connectivity index (χ1) is 15.2. The minimum Gasteiger partial charge on any atom is -0.507 e. The van der Waals surface area contributed by atoms with Crippen molar-refractivity contribution in [1.82, 2.24) is 9.80 Å². The van der Waals surface area contributed by atoms with E-state index in [-0.39, 0.29) is 11.3 Å². The van der Waals surface area contributed by atoms with Gasteiger partial charge in [0.1, 0.15) is 11.5 Å². The molecule has 1 amide bonds. The fourth-order valence-corrected chi connectivity index (χ4v) is 3.66. The number of likely N-dealkylation sites (tertiary alicyclic amines) is 1. The van der Waals surface area contributed by atoms with Gasteiger partial charge in [-0.15, -0.1) is 0 Å². The van der Waals surface area contributed by atoms with Crippen LogP contribution in [0.4, 0.5) is 0 Å². The Kier molecular flexibility index (Phi) is 7.59. The lowest BCUT2D eigenvalue weighted by Gasteiger charge is -2.26. The van der Waals surface area contributed by atoms with Crippen molar-refractivity contribution in [2.45, 2.75) is 19.9 Å². The molecule has 1 aliphatic heterocycles. The molecule has 3 rings (SSSR count). The van der Waals surface area contributed by atoms with Gasteiger partial charge in [0, 0.05) is 23.7 Å². The highest BCUT2D eigenvalue weighted by Gasteiger charge is 2.45. The molecule has 7 heteroatoms. The number of hydrogen-bond acceptors (Lipinski definition) is 5. The minimum atomic E-state index is -0.693. The van der Waals surface area contributed by atoms with E-state index >= 15 is 0 Å². The van der Waals surface area contributed by atoms with E-state index < -0.39 is 17.7 Å². The van der Waals surface area contributed by atoms with Crippen molar-refractivity contribution < 1.29 is 19.4 Å². The van der Waals surface area contributed by atoms with Crippen LogP contribution in [0.25, 0.3) is 5.76 Å². The number of rotatable bonds is 8. The van der Waals surface area contributed by atoms with Crippen LogP contribution in [0.15, 0.2) is 54.1 Å². The summed E-state index contributed by atoms with van der Waals surface area (Å²) in [6.07, 6.45) is 0. The first-order valence-electron chi connectivity index (χ1n) is 10.6. The van der Waals surface area contributed by atoms with E-state index in [1.165, 1.54) is 4.90 Å². The van der Waals surface area contributed by atoms with Gasteiger partial charge in [0.15, 0.2) is 0 Å². The number of amides is 1. The highest BCUT2D eigenvalue weighted by molar-refractivity contribution is 6.46. The van der Waals surface area contributed by atoms with Gasteiger partial charge in [-0.2, -0.15) is 0 Å². The molecule has 0 spiro atoms. The second kappa shape index (κ2) is 10.2. The Labute approximate surface area is 194 Å². The van der Waals surface area contributed by atoms with Crippen LogP contribution in [-0.2, 0) is 9.59 Å². The zero-order valence-corrected chi connectivity index (χ0v) is 19.6. The molecule has 0 aliphatic carbocycles. The Morgan fingerprint density at radius 3 is 2.28 bits per heavy atom. The number of carbonyl (C=O) groups excluding carboxylic acids is 2. The third kappa shape index (κ3) is 5.31. The lowest BCUT2D eigenvalue weighted by Crippen LogP contribution is -2.35. The summed E-state index contributed by atoms with van der Waals surface area (Å²) in [6.45, 7) is 5.64. The van der Waals surface area contributed by atoms with Gasteiger partial charge in [-0.25, -0.2) is 0 Å². The molecule has 1 N–H and O–H groups in total. The number of likely N-dealkylation sites (N-methyl/N-ethyl adjacent to an activating group) is 1. The third-order valence-corrected chi connectivity index (χ3v) is 5.48. The maximum atomic E-state index is 13.0. The standard InChI is InChI=1S/C25H29ClN2O4/c1-16(2)15-32-20-11-7-18(8-12-20)23(29)21-22(17-5-9-19(26)10-6-17)28(14-13-27(3)4)25(31)24(21)30/h5-12,16,22,29H,13-15H2,1-4H3/b23-21-. The molecule has 170 valence electrons. The number of hydrogen-bond donors (Lipinski definition) is 1. The number of ether oxygens (including phenoxy) is 1. The normalized spacial score (nSPS) is 18.1. The van der Waals surface area contributed by atoms with Crippen molar-refractivity contribution in [2.24, 2.45) is 5.92 Å². The van der Waals surface area contributed by atoms with Crippen LogP contribution in [0.3, 0.4) is 0 Å². The highest BCUT2D eigenvalue weighted by atomic mass is 35.5. The van der Waals surface area contributed by atoms with Crippen molar-refractivity contribution in [3.05, 3.63) is 70.3 Å². The summed E-state index contributed by atoms with van der Waals surface area (Å²) >= 11 is 6.04. The maximum absolute atomic E-state index is 13.0. The fraction of sp³-hybridized carbons (Fsp3) is 0.360. The maximum Gasteiger partial charge on any atom is 0.295 e. The van der Waals surface area contributed by atoms with E-state index in [9.17, 15) is 14.7 Å². The van der Waals surface area contributed by atoms with E-state index in [2.05, 4.69) is 13.8 Å². The highest BCUT2D eigenvalue weighted by Crippen LogP contribution is 2.39. The summed E-state index contributed by atoms with van der Waals surface area (Å²) in [5.74, 6) is -0.450. The first-order valence-corrected chi connectivity index (χ1v) is 11.0. The summed E-state index contributed by atoms with van der Waals surface area (Å²) in [5, 5.41) is 11.7. The monoisotopic (exact) mass is 456 g/mol. The average Bonchev–Trinajstić information content (AvgIpc) is 3.01. The number of carbonyl (C=O) groups is 2. The van der Waals surface area contributed by atoms with Gasteiger partial charge < -0.3 is 19.6 Å². The Balaban J connectivity index is 2.02. The number of aliphatic hydroxyl groups is 1. The van der Waals surface area contributed by atoms with Crippen molar-refractivity contribution in [2.75, 3.05) is 33.8 Å². The zero-order valence-electron chi connectivity index (χ0n) is 18.8. The molecular weight excluding hydrogens is 428 g/mol. The molecule has 2 aromatic carbocycles. The topological polar surface area (TPSA) is 70.1 Å². The van der Waals surface area contributed by atoms with E-state index in [1.54, 1.807) is 48.5 Å². The van der Waals surface area contributed by atoms with Gasteiger partial charge in [-0.1, -0.05) is 37.6 Å². The Morgan fingerprint density at radius 2 is 1.72 bits per heavy atom. The fourth-order valence-electron chi connectivity index (χ4n) is 3.54. The van der Waals surface area contributed by atoms with Crippen LogP contribution >= 0.6 is 11.6 Å². The van der Waals surface area contributed by atoms with Crippen LogP contribution in [0.2, 0.25) is 5.02 Å². The van der Waals surface area contributed by atoms with Crippen molar-refractivity contribution in [3.63, 3.8) is 0 Å². The largest absolute Gasteiger partial charge is 0.507 e. The first kappa shape index (κ1) is 23.8. The van der Waals surface area contributed by atoms with Gasteiger partial charge in [-0.05, 0) is 62.0 Å². The van der Waals surface area contributed by atoms with Gasteiger partial charge in [0.05, 0.1) is 18.2 Å². The molecule has 1 heterocycles. The number of nitrogens with zero attached hydrogens (tertiary/aromatic N) is 2. The van der Waals surface area contributed by atoms with Crippen LogP contribution in [0, 0.1) is 5.92 Å². The van der Waals surface area contributed by atoms with E-state index in [4.69, 9.17) is 16.3 Å². The SMILES string of the molecule is CC(C)COc1ccc(/C(O)=C2/C(=O)C(=O)N(CCN(C)C)C2c2ccc(Cl)cc2)cc1. The van der Waals surface area contributed by atoms with Crippen LogP contribution in [0.5, 0.6) is 5.75 Å². The predicted octanol–water partition coefficient (Wildman–Crippen LogP) is 4.36. The second-order valence-electron chi connectivity index (χ2n) is 8.58. The molecule has 0 aromatic heterocycles. The molecule has 1 fully saturated rings. The van der Waals surface area contributed by atoms with E-state index in [1.807, 2.05) is 19.0 Å². The molecule has 1 aliphatic rings. The van der Waals surface area contributed by atoms with E-state index in [0.717, 1.165) is 0 Å². The van der Waals surface area contributed by atoms with Gasteiger partial charge in [0.25, 0.3) is 11.7 Å². The van der Waals surface area contributed by atoms with Crippen molar-refractivity contribution in [3.8, 4) is 5.75 Å². The molecule has 2 aromatic rings.